The Balaban J connectivity index is 2.42. The van der Waals surface area contributed by atoms with Gasteiger partial charge in [0.1, 0.15) is 0 Å². The summed E-state index contributed by atoms with van der Waals surface area (Å²) in [6.07, 6.45) is 3.50. The molecule has 1 saturated carbocycles. The molecule has 2 atom stereocenters. The number of nitrogens with one attached hydrogen (secondary N) is 2. The largest absolute Gasteiger partial charge is 0.352 e. The third-order valence-electron chi connectivity index (χ3n) is 3.34. The van der Waals surface area contributed by atoms with Crippen molar-refractivity contribution < 1.29 is 9.59 Å². The quantitative estimate of drug-likeness (QED) is 0.685. The summed E-state index contributed by atoms with van der Waals surface area (Å²) in [5, 5.41) is 5.37. The highest BCUT2D eigenvalue weighted by atomic mass is 16.2. The Bertz CT molecular complexity index is 317. The Morgan fingerprint density at radius 3 is 2.67 bits per heavy atom. The molecule has 1 fully saturated rings. The summed E-state index contributed by atoms with van der Waals surface area (Å²) in [6, 6.07) is 0.0796. The van der Waals surface area contributed by atoms with Crippen LogP contribution in [-0.4, -0.2) is 29.9 Å². The van der Waals surface area contributed by atoms with Gasteiger partial charge in [0.05, 0.1) is 12.1 Å². The van der Waals surface area contributed by atoms with Gasteiger partial charge in [-0.2, -0.15) is 0 Å². The van der Waals surface area contributed by atoms with E-state index in [4.69, 9.17) is 5.73 Å². The van der Waals surface area contributed by atoms with Crippen molar-refractivity contribution in [3.05, 3.63) is 0 Å². The van der Waals surface area contributed by atoms with E-state index < -0.39 is 5.54 Å². The SMILES string of the molecule is CC1CCCC(N)(C(=O)NCC(=O)NC(C)C)C1. The van der Waals surface area contributed by atoms with Gasteiger partial charge in [0, 0.05) is 6.04 Å². The summed E-state index contributed by atoms with van der Waals surface area (Å²) < 4.78 is 0. The molecule has 0 bridgehead atoms. The zero-order valence-corrected chi connectivity index (χ0v) is 11.6. The molecule has 0 aliphatic heterocycles. The molecule has 2 unspecified atom stereocenters. The second-order valence-electron chi connectivity index (χ2n) is 5.76. The minimum Gasteiger partial charge on any atom is -0.352 e. The van der Waals surface area contributed by atoms with Gasteiger partial charge < -0.3 is 16.4 Å². The fourth-order valence-electron chi connectivity index (χ4n) is 2.51. The average Bonchev–Trinajstić information content (AvgIpc) is 2.24. The summed E-state index contributed by atoms with van der Waals surface area (Å²) in [6.45, 7) is 5.88. The first-order chi connectivity index (χ1) is 8.33. The van der Waals surface area contributed by atoms with Crippen molar-refractivity contribution in [2.45, 2.75) is 58.0 Å². The third kappa shape index (κ3) is 4.29. The van der Waals surface area contributed by atoms with E-state index in [0.717, 1.165) is 12.8 Å². The van der Waals surface area contributed by atoms with E-state index in [-0.39, 0.29) is 24.4 Å². The Labute approximate surface area is 109 Å². The molecule has 18 heavy (non-hydrogen) atoms. The Morgan fingerprint density at radius 1 is 1.44 bits per heavy atom. The minimum absolute atomic E-state index is 0.00431. The number of carbonyl (C=O) groups excluding carboxylic acids is 2. The maximum absolute atomic E-state index is 12.0. The average molecular weight is 255 g/mol. The van der Waals surface area contributed by atoms with E-state index in [1.54, 1.807) is 0 Å². The lowest BCUT2D eigenvalue weighted by Gasteiger charge is -2.35. The van der Waals surface area contributed by atoms with Gasteiger partial charge in [-0.15, -0.1) is 0 Å². The molecule has 0 spiro atoms. The van der Waals surface area contributed by atoms with Gasteiger partial charge in [-0.3, -0.25) is 9.59 Å². The van der Waals surface area contributed by atoms with Crippen LogP contribution in [0.5, 0.6) is 0 Å². The lowest BCUT2D eigenvalue weighted by Crippen LogP contribution is -2.57. The molecule has 1 aliphatic rings. The first-order valence-electron chi connectivity index (χ1n) is 6.70. The molecule has 5 nitrogen and oxygen atoms in total. The fourth-order valence-corrected chi connectivity index (χ4v) is 2.51. The van der Waals surface area contributed by atoms with Gasteiger partial charge in [0.25, 0.3) is 0 Å². The number of rotatable bonds is 4. The highest BCUT2D eigenvalue weighted by Gasteiger charge is 2.37. The Kier molecular flexibility index (Phi) is 5.14. The van der Waals surface area contributed by atoms with Crippen LogP contribution in [0.25, 0.3) is 0 Å². The van der Waals surface area contributed by atoms with Crippen molar-refractivity contribution in [2.24, 2.45) is 11.7 Å². The number of amides is 2. The van der Waals surface area contributed by atoms with Crippen LogP contribution in [0.2, 0.25) is 0 Å². The number of carbonyl (C=O) groups is 2. The predicted octanol–water partition coefficient (Wildman–Crippen LogP) is 0.535. The zero-order chi connectivity index (χ0) is 13.8. The minimum atomic E-state index is -0.796. The molecule has 0 aromatic rings. The maximum atomic E-state index is 12.0. The molecular weight excluding hydrogens is 230 g/mol. The molecule has 0 aromatic carbocycles. The number of hydrogen-bond acceptors (Lipinski definition) is 3. The number of nitrogens with two attached hydrogens (primary N) is 1. The van der Waals surface area contributed by atoms with Crippen molar-refractivity contribution >= 4 is 11.8 Å². The van der Waals surface area contributed by atoms with Crippen LogP contribution in [0.15, 0.2) is 0 Å². The maximum Gasteiger partial charge on any atom is 0.240 e. The van der Waals surface area contributed by atoms with E-state index in [9.17, 15) is 9.59 Å². The van der Waals surface area contributed by atoms with E-state index in [2.05, 4.69) is 17.6 Å². The zero-order valence-electron chi connectivity index (χ0n) is 11.6. The third-order valence-corrected chi connectivity index (χ3v) is 3.34. The van der Waals surface area contributed by atoms with Gasteiger partial charge in [-0.05, 0) is 32.6 Å². The first-order valence-corrected chi connectivity index (χ1v) is 6.70. The molecule has 1 rings (SSSR count). The molecule has 104 valence electrons. The number of hydrogen-bond donors (Lipinski definition) is 3. The molecule has 2 amide bonds. The summed E-state index contributed by atoms with van der Waals surface area (Å²) in [5.74, 6) is 0.0951. The van der Waals surface area contributed by atoms with Crippen LogP contribution in [0, 0.1) is 5.92 Å². The van der Waals surface area contributed by atoms with E-state index >= 15 is 0 Å². The van der Waals surface area contributed by atoms with Gasteiger partial charge >= 0.3 is 0 Å². The molecule has 1 aliphatic carbocycles. The van der Waals surface area contributed by atoms with Crippen LogP contribution >= 0.6 is 0 Å². The van der Waals surface area contributed by atoms with Gasteiger partial charge in [-0.25, -0.2) is 0 Å². The molecule has 5 heteroatoms. The van der Waals surface area contributed by atoms with Crippen molar-refractivity contribution in [2.75, 3.05) is 6.54 Å². The lowest BCUT2D eigenvalue weighted by molar-refractivity contribution is -0.131. The Morgan fingerprint density at radius 2 is 2.11 bits per heavy atom. The summed E-state index contributed by atoms with van der Waals surface area (Å²) in [5.41, 5.74) is 5.34. The smallest absolute Gasteiger partial charge is 0.240 e. The van der Waals surface area contributed by atoms with Crippen LogP contribution in [0.4, 0.5) is 0 Å². The predicted molar refractivity (Wildman–Crippen MR) is 70.8 cm³/mol. The molecule has 0 saturated heterocycles. The highest BCUT2D eigenvalue weighted by Crippen LogP contribution is 2.30. The van der Waals surface area contributed by atoms with E-state index in [1.165, 1.54) is 0 Å². The molecule has 0 heterocycles. The van der Waals surface area contributed by atoms with Crippen LogP contribution in [0.1, 0.15) is 46.5 Å². The molecule has 4 N–H and O–H groups in total. The van der Waals surface area contributed by atoms with Gasteiger partial charge in [-0.1, -0.05) is 19.8 Å². The van der Waals surface area contributed by atoms with Crippen molar-refractivity contribution in [3.8, 4) is 0 Å². The lowest BCUT2D eigenvalue weighted by atomic mass is 9.76. The van der Waals surface area contributed by atoms with Crippen molar-refractivity contribution in [1.82, 2.24) is 10.6 Å². The van der Waals surface area contributed by atoms with Crippen LogP contribution in [-0.2, 0) is 9.59 Å². The monoisotopic (exact) mass is 255 g/mol. The summed E-state index contributed by atoms with van der Waals surface area (Å²) >= 11 is 0. The second-order valence-corrected chi connectivity index (χ2v) is 5.76. The molecular formula is C13H25N3O2. The molecule has 0 radical (unpaired) electrons. The fraction of sp³-hybridized carbons (Fsp3) is 0.846. The highest BCUT2D eigenvalue weighted by molar-refractivity contribution is 5.90. The van der Waals surface area contributed by atoms with Crippen molar-refractivity contribution in [1.29, 1.82) is 0 Å². The molecule has 0 aromatic heterocycles. The van der Waals surface area contributed by atoms with Crippen LogP contribution in [0.3, 0.4) is 0 Å². The van der Waals surface area contributed by atoms with Gasteiger partial charge in [0.15, 0.2) is 0 Å². The normalized spacial score (nSPS) is 27.9. The van der Waals surface area contributed by atoms with E-state index in [1.807, 2.05) is 13.8 Å². The summed E-state index contributed by atoms with van der Waals surface area (Å²) in [7, 11) is 0. The Hall–Kier alpha value is -1.10. The summed E-state index contributed by atoms with van der Waals surface area (Å²) in [4.78, 5) is 23.5. The first kappa shape index (κ1) is 15.0. The van der Waals surface area contributed by atoms with E-state index in [0.29, 0.717) is 18.8 Å². The second kappa shape index (κ2) is 6.18. The topological polar surface area (TPSA) is 84.2 Å². The van der Waals surface area contributed by atoms with Gasteiger partial charge in [0.2, 0.25) is 11.8 Å². The van der Waals surface area contributed by atoms with Crippen LogP contribution < -0.4 is 16.4 Å². The standard InChI is InChI=1S/C13H25N3O2/c1-9(2)16-11(17)8-15-12(18)13(14)6-4-5-10(3)7-13/h9-10H,4-8,14H2,1-3H3,(H,15,18)(H,16,17). The van der Waals surface area contributed by atoms with Crippen molar-refractivity contribution in [3.63, 3.8) is 0 Å².